The van der Waals surface area contributed by atoms with E-state index in [2.05, 4.69) is 9.47 Å². The number of rotatable bonds is 12. The van der Waals surface area contributed by atoms with Gasteiger partial charge in [0.2, 0.25) is 0 Å². The standard InChI is InChI=1S/C18H20Cl2O8/c19-17(23)27-11-3-1-9-25-15(21)13-5-7-14(8-6-13)16(22)26-10-2-4-12-28-18(20)24/h5-8H,1-4,9-12H2. The van der Waals surface area contributed by atoms with Crippen LogP contribution in [0.4, 0.5) is 9.59 Å². The second kappa shape index (κ2) is 13.8. The molecule has 0 aliphatic carbocycles. The molecule has 0 radical (unpaired) electrons. The SMILES string of the molecule is O=C(Cl)OCCCCOC(=O)c1ccc(C(=O)OCCCCOC(=O)Cl)cc1. The zero-order valence-corrected chi connectivity index (χ0v) is 16.5. The Labute approximate surface area is 172 Å². The van der Waals surface area contributed by atoms with E-state index in [1.165, 1.54) is 24.3 Å². The Hall–Kier alpha value is -2.32. The van der Waals surface area contributed by atoms with Crippen molar-refractivity contribution in [2.75, 3.05) is 26.4 Å². The van der Waals surface area contributed by atoms with Gasteiger partial charge in [0.15, 0.2) is 0 Å². The molecule has 1 aromatic rings. The van der Waals surface area contributed by atoms with Crippen LogP contribution in [0, 0.1) is 0 Å². The third kappa shape index (κ3) is 10.7. The largest absolute Gasteiger partial charge is 0.462 e. The lowest BCUT2D eigenvalue weighted by Crippen LogP contribution is -2.10. The van der Waals surface area contributed by atoms with Gasteiger partial charge in [-0.15, -0.1) is 0 Å². The van der Waals surface area contributed by atoms with Crippen LogP contribution >= 0.6 is 23.2 Å². The second-order valence-electron chi connectivity index (χ2n) is 5.44. The summed E-state index contributed by atoms with van der Waals surface area (Å²) in [6, 6.07) is 5.87. The molecular formula is C18H20Cl2O8. The molecule has 154 valence electrons. The van der Waals surface area contributed by atoms with Gasteiger partial charge in [-0.3, -0.25) is 0 Å². The van der Waals surface area contributed by atoms with Gasteiger partial charge < -0.3 is 18.9 Å². The Morgan fingerprint density at radius 2 is 0.857 bits per heavy atom. The van der Waals surface area contributed by atoms with E-state index in [4.69, 9.17) is 32.7 Å². The van der Waals surface area contributed by atoms with Gasteiger partial charge in [0, 0.05) is 23.2 Å². The lowest BCUT2D eigenvalue weighted by molar-refractivity contribution is 0.0477. The number of halogens is 2. The Morgan fingerprint density at radius 1 is 0.571 bits per heavy atom. The van der Waals surface area contributed by atoms with Gasteiger partial charge in [-0.2, -0.15) is 0 Å². The summed E-state index contributed by atoms with van der Waals surface area (Å²) in [5.74, 6) is -1.05. The zero-order valence-electron chi connectivity index (χ0n) is 15.0. The van der Waals surface area contributed by atoms with E-state index in [0.717, 1.165) is 0 Å². The number of hydrogen-bond donors (Lipinski definition) is 0. The maximum atomic E-state index is 11.9. The van der Waals surface area contributed by atoms with Crippen molar-refractivity contribution in [3.63, 3.8) is 0 Å². The summed E-state index contributed by atoms with van der Waals surface area (Å²) in [5, 5.41) is 0. The Kier molecular flexibility index (Phi) is 11.7. The molecule has 0 aliphatic rings. The molecule has 0 saturated heterocycles. The van der Waals surface area contributed by atoms with Gasteiger partial charge in [-0.25, -0.2) is 19.2 Å². The normalized spacial score (nSPS) is 10.1. The van der Waals surface area contributed by atoms with Gasteiger partial charge in [-0.1, -0.05) is 0 Å². The summed E-state index contributed by atoms with van der Waals surface area (Å²) in [4.78, 5) is 44.5. The van der Waals surface area contributed by atoms with Crippen LogP contribution in [0.3, 0.4) is 0 Å². The predicted molar refractivity (Wildman–Crippen MR) is 99.9 cm³/mol. The highest BCUT2D eigenvalue weighted by atomic mass is 35.5. The van der Waals surface area contributed by atoms with E-state index in [1.807, 2.05) is 0 Å². The molecule has 0 fully saturated rings. The molecule has 0 atom stereocenters. The van der Waals surface area contributed by atoms with Crippen molar-refractivity contribution >= 4 is 46.0 Å². The number of esters is 2. The molecule has 0 bridgehead atoms. The highest BCUT2D eigenvalue weighted by Gasteiger charge is 2.11. The van der Waals surface area contributed by atoms with Crippen LogP contribution < -0.4 is 0 Å². The van der Waals surface area contributed by atoms with Crippen molar-refractivity contribution in [1.29, 1.82) is 0 Å². The fraction of sp³-hybridized carbons (Fsp3) is 0.444. The van der Waals surface area contributed by atoms with E-state index < -0.39 is 22.8 Å². The summed E-state index contributed by atoms with van der Waals surface area (Å²) < 4.78 is 19.2. The minimum Gasteiger partial charge on any atom is -0.462 e. The number of carbonyl (C=O) groups is 4. The Bertz CT molecular complexity index is 603. The van der Waals surface area contributed by atoms with Gasteiger partial charge in [0.1, 0.15) is 0 Å². The van der Waals surface area contributed by atoms with Crippen molar-refractivity contribution in [3.05, 3.63) is 35.4 Å². The highest BCUT2D eigenvalue weighted by molar-refractivity contribution is 6.61. The Morgan fingerprint density at radius 3 is 1.14 bits per heavy atom. The van der Waals surface area contributed by atoms with E-state index in [0.29, 0.717) is 36.8 Å². The first-order valence-corrected chi connectivity index (χ1v) is 9.24. The van der Waals surface area contributed by atoms with Crippen LogP contribution in [0.2, 0.25) is 0 Å². The first kappa shape index (κ1) is 23.7. The number of hydrogen-bond acceptors (Lipinski definition) is 8. The molecule has 10 heteroatoms. The van der Waals surface area contributed by atoms with Gasteiger partial charge in [-0.05, 0) is 49.9 Å². The third-order valence-electron chi connectivity index (χ3n) is 3.33. The highest BCUT2D eigenvalue weighted by Crippen LogP contribution is 2.09. The lowest BCUT2D eigenvalue weighted by atomic mass is 10.1. The van der Waals surface area contributed by atoms with E-state index in [-0.39, 0.29) is 26.4 Å². The van der Waals surface area contributed by atoms with Gasteiger partial charge >= 0.3 is 22.8 Å². The summed E-state index contributed by atoms with van der Waals surface area (Å²) in [6.07, 6.45) is 2.07. The third-order valence-corrected chi connectivity index (χ3v) is 3.55. The van der Waals surface area contributed by atoms with Gasteiger partial charge in [0.05, 0.1) is 37.6 Å². The molecule has 8 nitrogen and oxygen atoms in total. The first-order chi connectivity index (χ1) is 13.4. The predicted octanol–water partition coefficient (Wildman–Crippen LogP) is 4.31. The van der Waals surface area contributed by atoms with Gasteiger partial charge in [0.25, 0.3) is 0 Å². The van der Waals surface area contributed by atoms with Crippen molar-refractivity contribution in [2.45, 2.75) is 25.7 Å². The van der Waals surface area contributed by atoms with Crippen LogP contribution in [0.15, 0.2) is 24.3 Å². The molecule has 0 saturated carbocycles. The molecule has 0 aliphatic heterocycles. The average molecular weight is 435 g/mol. The van der Waals surface area contributed by atoms with Crippen LogP contribution in [-0.2, 0) is 18.9 Å². The molecule has 0 N–H and O–H groups in total. The number of carbonyl (C=O) groups excluding carboxylic acids is 4. The zero-order chi connectivity index (χ0) is 20.8. The molecule has 0 amide bonds. The van der Waals surface area contributed by atoms with E-state index in [9.17, 15) is 19.2 Å². The van der Waals surface area contributed by atoms with Crippen molar-refractivity contribution in [3.8, 4) is 0 Å². The molecule has 0 aromatic heterocycles. The molecule has 0 spiro atoms. The summed E-state index contributed by atoms with van der Waals surface area (Å²) in [7, 11) is 0. The summed E-state index contributed by atoms with van der Waals surface area (Å²) >= 11 is 10.0. The average Bonchev–Trinajstić information content (AvgIpc) is 2.66. The molecule has 28 heavy (non-hydrogen) atoms. The molecule has 0 heterocycles. The molecule has 1 aromatic carbocycles. The van der Waals surface area contributed by atoms with Crippen LogP contribution in [0.1, 0.15) is 46.4 Å². The fourth-order valence-electron chi connectivity index (χ4n) is 1.95. The number of benzene rings is 1. The monoisotopic (exact) mass is 434 g/mol. The van der Waals surface area contributed by atoms with Crippen molar-refractivity contribution < 1.29 is 38.1 Å². The topological polar surface area (TPSA) is 105 Å². The Balaban J connectivity index is 2.25. The van der Waals surface area contributed by atoms with Crippen molar-refractivity contribution in [2.24, 2.45) is 0 Å². The smallest absolute Gasteiger partial charge is 0.403 e. The number of ether oxygens (including phenoxy) is 4. The maximum absolute atomic E-state index is 11.9. The summed E-state index contributed by atoms with van der Waals surface area (Å²) in [5.41, 5.74) is -1.14. The lowest BCUT2D eigenvalue weighted by Gasteiger charge is -2.07. The molecular weight excluding hydrogens is 415 g/mol. The fourth-order valence-corrected chi connectivity index (χ4v) is 2.11. The minimum absolute atomic E-state index is 0.161. The van der Waals surface area contributed by atoms with E-state index >= 15 is 0 Å². The van der Waals surface area contributed by atoms with E-state index in [1.54, 1.807) is 0 Å². The van der Waals surface area contributed by atoms with Crippen molar-refractivity contribution in [1.82, 2.24) is 0 Å². The quantitative estimate of drug-likeness (QED) is 0.207. The van der Waals surface area contributed by atoms with Crippen LogP contribution in [-0.4, -0.2) is 49.2 Å². The second-order valence-corrected chi connectivity index (χ2v) is 6.05. The number of unbranched alkanes of at least 4 members (excludes halogenated alkanes) is 2. The maximum Gasteiger partial charge on any atom is 0.403 e. The first-order valence-electron chi connectivity index (χ1n) is 8.49. The van der Waals surface area contributed by atoms with Crippen LogP contribution in [0.5, 0.6) is 0 Å². The molecule has 0 unspecified atom stereocenters. The minimum atomic E-state index is -0.868. The molecule has 1 rings (SSSR count). The summed E-state index contributed by atoms with van der Waals surface area (Å²) in [6.45, 7) is 0.659. The van der Waals surface area contributed by atoms with Crippen LogP contribution in [0.25, 0.3) is 0 Å².